The minimum absolute atomic E-state index is 0.0554. The van der Waals surface area contributed by atoms with Crippen LogP contribution >= 0.6 is 0 Å². The third kappa shape index (κ3) is 2.53. The number of aromatic nitrogens is 2. The fraction of sp³-hybridized carbons (Fsp3) is 0.308. The molecule has 1 aromatic carbocycles. The molecular formula is C13H13N5O4. The maximum absolute atomic E-state index is 11.3. The van der Waals surface area contributed by atoms with Gasteiger partial charge in [-0.05, 0) is 6.07 Å². The van der Waals surface area contributed by atoms with Crippen LogP contribution in [0.3, 0.4) is 0 Å². The molecule has 1 aliphatic heterocycles. The number of nitrogens with zero attached hydrogens (tertiary/aromatic N) is 4. The van der Waals surface area contributed by atoms with Gasteiger partial charge in [0.1, 0.15) is 11.9 Å². The second-order valence-electron chi connectivity index (χ2n) is 4.91. The van der Waals surface area contributed by atoms with Crippen molar-refractivity contribution in [2.75, 3.05) is 24.5 Å². The van der Waals surface area contributed by atoms with Gasteiger partial charge in [-0.25, -0.2) is 9.78 Å². The number of piperazine rings is 1. The lowest BCUT2D eigenvalue weighted by Crippen LogP contribution is -2.55. The second kappa shape index (κ2) is 5.53. The number of hydrogen-bond acceptors (Lipinski definition) is 7. The largest absolute Gasteiger partial charge is 0.480 e. The van der Waals surface area contributed by atoms with Gasteiger partial charge in [-0.1, -0.05) is 0 Å². The van der Waals surface area contributed by atoms with Gasteiger partial charge in [0.25, 0.3) is 5.69 Å². The van der Waals surface area contributed by atoms with Crippen LogP contribution in [0.25, 0.3) is 11.0 Å². The fourth-order valence-corrected chi connectivity index (χ4v) is 2.44. The van der Waals surface area contributed by atoms with Crippen molar-refractivity contribution in [3.05, 3.63) is 34.5 Å². The Morgan fingerprint density at radius 1 is 1.45 bits per heavy atom. The predicted molar refractivity (Wildman–Crippen MR) is 77.8 cm³/mol. The predicted octanol–water partition coefficient (Wildman–Crippen LogP) is 0.401. The van der Waals surface area contributed by atoms with E-state index in [4.69, 9.17) is 0 Å². The number of carboxylic acid groups (broad SMARTS) is 1. The summed E-state index contributed by atoms with van der Waals surface area (Å²) in [5.41, 5.74) is 0.839. The van der Waals surface area contributed by atoms with E-state index in [1.165, 1.54) is 24.4 Å². The van der Waals surface area contributed by atoms with Crippen LogP contribution in [-0.2, 0) is 4.79 Å². The molecule has 1 saturated heterocycles. The first kappa shape index (κ1) is 14.1. The third-order valence-corrected chi connectivity index (χ3v) is 3.55. The van der Waals surface area contributed by atoms with Gasteiger partial charge < -0.3 is 15.3 Å². The van der Waals surface area contributed by atoms with E-state index in [0.717, 1.165) is 0 Å². The molecule has 114 valence electrons. The summed E-state index contributed by atoms with van der Waals surface area (Å²) >= 11 is 0. The molecule has 2 N–H and O–H groups in total. The van der Waals surface area contributed by atoms with Gasteiger partial charge in [0, 0.05) is 31.8 Å². The molecule has 3 rings (SSSR count). The van der Waals surface area contributed by atoms with Crippen LogP contribution < -0.4 is 10.2 Å². The highest BCUT2D eigenvalue weighted by Gasteiger charge is 2.29. The minimum Gasteiger partial charge on any atom is -0.480 e. The monoisotopic (exact) mass is 303 g/mol. The number of anilines is 1. The normalized spacial score (nSPS) is 18.4. The van der Waals surface area contributed by atoms with Crippen molar-refractivity contribution >= 4 is 28.5 Å². The summed E-state index contributed by atoms with van der Waals surface area (Å²) in [6, 6.07) is 3.51. The number of benzene rings is 1. The van der Waals surface area contributed by atoms with E-state index in [9.17, 15) is 20.0 Å². The number of nitrogens with one attached hydrogen (secondary N) is 1. The first-order valence-corrected chi connectivity index (χ1v) is 6.67. The van der Waals surface area contributed by atoms with E-state index in [-0.39, 0.29) is 5.69 Å². The molecule has 1 aliphatic rings. The first-order chi connectivity index (χ1) is 10.6. The number of carbonyl (C=O) groups is 1. The Bertz CT molecular complexity index is 750. The standard InChI is InChI=1S/C13H13N5O4/c19-13(20)11-6-14-3-4-17(11)12-7-15-10-5-8(18(21)22)1-2-9(10)16-12/h1-2,5,7,11,14H,3-4,6H2,(H,19,20)/t11-/m1/s1. The molecule has 2 heterocycles. The molecule has 1 atom stereocenters. The summed E-state index contributed by atoms with van der Waals surface area (Å²) in [5.74, 6) is -0.479. The Morgan fingerprint density at radius 2 is 2.27 bits per heavy atom. The Balaban J connectivity index is 1.99. The van der Waals surface area contributed by atoms with E-state index in [2.05, 4.69) is 15.3 Å². The lowest BCUT2D eigenvalue weighted by molar-refractivity contribution is -0.384. The lowest BCUT2D eigenvalue weighted by atomic mass is 10.2. The topological polar surface area (TPSA) is 121 Å². The molecule has 0 unspecified atom stereocenters. The molecule has 0 radical (unpaired) electrons. The highest BCUT2D eigenvalue weighted by atomic mass is 16.6. The van der Waals surface area contributed by atoms with Gasteiger partial charge in [0.2, 0.25) is 0 Å². The zero-order valence-corrected chi connectivity index (χ0v) is 11.5. The number of hydrogen-bond donors (Lipinski definition) is 2. The van der Waals surface area contributed by atoms with Crippen LogP contribution in [0.2, 0.25) is 0 Å². The highest BCUT2D eigenvalue weighted by molar-refractivity contribution is 5.81. The molecule has 0 aliphatic carbocycles. The minimum atomic E-state index is -0.933. The summed E-state index contributed by atoms with van der Waals surface area (Å²) < 4.78 is 0. The summed E-state index contributed by atoms with van der Waals surface area (Å²) in [4.78, 5) is 31.8. The Morgan fingerprint density at radius 3 is 3.00 bits per heavy atom. The van der Waals surface area contributed by atoms with Crippen molar-refractivity contribution in [2.45, 2.75) is 6.04 Å². The highest BCUT2D eigenvalue weighted by Crippen LogP contribution is 2.22. The number of nitro groups is 1. The maximum Gasteiger partial charge on any atom is 0.327 e. The van der Waals surface area contributed by atoms with Crippen LogP contribution in [0.1, 0.15) is 0 Å². The molecule has 0 amide bonds. The van der Waals surface area contributed by atoms with Crippen LogP contribution in [-0.4, -0.2) is 51.6 Å². The van der Waals surface area contributed by atoms with Crippen molar-refractivity contribution in [2.24, 2.45) is 0 Å². The van der Waals surface area contributed by atoms with E-state index in [0.29, 0.717) is 36.5 Å². The summed E-state index contributed by atoms with van der Waals surface area (Å²) in [5, 5.41) is 23.1. The zero-order valence-electron chi connectivity index (χ0n) is 11.5. The van der Waals surface area contributed by atoms with Crippen LogP contribution in [0.15, 0.2) is 24.4 Å². The van der Waals surface area contributed by atoms with Gasteiger partial charge >= 0.3 is 5.97 Å². The van der Waals surface area contributed by atoms with Crippen molar-refractivity contribution in [3.63, 3.8) is 0 Å². The molecule has 1 fully saturated rings. The first-order valence-electron chi connectivity index (χ1n) is 6.67. The Labute approximate surface area is 124 Å². The van der Waals surface area contributed by atoms with Crippen LogP contribution in [0.5, 0.6) is 0 Å². The van der Waals surface area contributed by atoms with Crippen LogP contribution in [0, 0.1) is 10.1 Å². The van der Waals surface area contributed by atoms with E-state index >= 15 is 0 Å². The molecule has 0 saturated carbocycles. The van der Waals surface area contributed by atoms with Gasteiger partial charge in [-0.15, -0.1) is 0 Å². The van der Waals surface area contributed by atoms with Crippen molar-refractivity contribution < 1.29 is 14.8 Å². The Kier molecular flexibility index (Phi) is 3.55. The molecule has 0 spiro atoms. The maximum atomic E-state index is 11.3. The summed E-state index contributed by atoms with van der Waals surface area (Å²) in [6.45, 7) is 1.49. The number of aliphatic carboxylic acids is 1. The van der Waals surface area contributed by atoms with Crippen molar-refractivity contribution in [1.82, 2.24) is 15.3 Å². The number of non-ortho nitro benzene ring substituents is 1. The van der Waals surface area contributed by atoms with E-state index < -0.39 is 16.9 Å². The number of fused-ring (bicyclic) bond motifs is 1. The van der Waals surface area contributed by atoms with Crippen molar-refractivity contribution in [1.29, 1.82) is 0 Å². The number of rotatable bonds is 3. The average molecular weight is 303 g/mol. The molecular weight excluding hydrogens is 290 g/mol. The van der Waals surface area contributed by atoms with Gasteiger partial charge in [-0.3, -0.25) is 15.1 Å². The Hall–Kier alpha value is -2.81. The second-order valence-corrected chi connectivity index (χ2v) is 4.91. The van der Waals surface area contributed by atoms with Gasteiger partial charge in [-0.2, -0.15) is 0 Å². The van der Waals surface area contributed by atoms with Gasteiger partial charge in [0.15, 0.2) is 0 Å². The molecule has 1 aromatic heterocycles. The quantitative estimate of drug-likeness (QED) is 0.617. The molecule has 2 aromatic rings. The zero-order chi connectivity index (χ0) is 15.7. The van der Waals surface area contributed by atoms with E-state index in [1.54, 1.807) is 4.90 Å². The molecule has 9 heteroatoms. The van der Waals surface area contributed by atoms with Gasteiger partial charge in [0.05, 0.1) is 22.2 Å². The average Bonchev–Trinajstić information content (AvgIpc) is 2.53. The fourth-order valence-electron chi connectivity index (χ4n) is 2.44. The summed E-state index contributed by atoms with van der Waals surface area (Å²) in [7, 11) is 0. The number of nitro benzene ring substituents is 1. The number of carboxylic acids is 1. The van der Waals surface area contributed by atoms with Crippen molar-refractivity contribution in [3.8, 4) is 0 Å². The smallest absolute Gasteiger partial charge is 0.327 e. The van der Waals surface area contributed by atoms with Crippen LogP contribution in [0.4, 0.5) is 11.5 Å². The summed E-state index contributed by atoms with van der Waals surface area (Å²) in [6.07, 6.45) is 1.45. The molecule has 0 bridgehead atoms. The third-order valence-electron chi connectivity index (χ3n) is 3.55. The SMILES string of the molecule is O=C(O)[C@H]1CNCCN1c1cnc2cc([N+](=O)[O-])ccc2n1. The lowest BCUT2D eigenvalue weighted by Gasteiger charge is -2.34. The molecule has 22 heavy (non-hydrogen) atoms. The van der Waals surface area contributed by atoms with E-state index in [1.807, 2.05) is 0 Å². The molecule has 9 nitrogen and oxygen atoms in total.